The van der Waals surface area contributed by atoms with Gasteiger partial charge in [0, 0.05) is 37.3 Å². The molecule has 0 radical (unpaired) electrons. The van der Waals surface area contributed by atoms with Crippen molar-refractivity contribution in [3.8, 4) is 0 Å². The van der Waals surface area contributed by atoms with Gasteiger partial charge in [-0.15, -0.1) is 0 Å². The summed E-state index contributed by atoms with van der Waals surface area (Å²) in [6.07, 6.45) is 8.30. The number of para-hydroxylation sites is 1. The van der Waals surface area contributed by atoms with Crippen LogP contribution in [0.1, 0.15) is 89.7 Å². The lowest BCUT2D eigenvalue weighted by molar-refractivity contribution is -0.634. The van der Waals surface area contributed by atoms with Gasteiger partial charge in [0.15, 0.2) is 6.54 Å². The van der Waals surface area contributed by atoms with Crippen molar-refractivity contribution in [3.05, 3.63) is 63.1 Å². The molecule has 1 aromatic carbocycles. The molecule has 1 aromatic rings. The molecule has 2 rings (SSSR count). The van der Waals surface area contributed by atoms with Crippen LogP contribution in [0, 0.1) is 10.1 Å². The summed E-state index contributed by atoms with van der Waals surface area (Å²) in [4.78, 5) is 25.9. The quantitative estimate of drug-likeness (QED) is 0.255. The van der Waals surface area contributed by atoms with Gasteiger partial charge in [0.25, 0.3) is 0 Å². The summed E-state index contributed by atoms with van der Waals surface area (Å²) in [6, 6.07) is 6.25. The Bertz CT molecular complexity index is 848. The molecule has 0 saturated heterocycles. The van der Waals surface area contributed by atoms with Crippen LogP contribution in [0.25, 0.3) is 0 Å². The van der Waals surface area contributed by atoms with E-state index in [1.54, 1.807) is 6.08 Å². The molecule has 0 aromatic heterocycles. The summed E-state index contributed by atoms with van der Waals surface area (Å²) < 4.78 is 0. The van der Waals surface area contributed by atoms with Crippen molar-refractivity contribution in [2.45, 2.75) is 78.6 Å². The SMILES string of the molecule is CCCCCCN(CCC(=O)Nc1c(C(C)C)cccc1C(C)C)C1=CC=C([N+](=O)[O-])C[NH2+]1. The molecule has 0 saturated carbocycles. The lowest BCUT2D eigenvalue weighted by Crippen LogP contribution is -2.86. The number of hydrogen-bond acceptors (Lipinski definition) is 4. The zero-order chi connectivity index (χ0) is 24.4. The van der Waals surface area contributed by atoms with Gasteiger partial charge in [-0.05, 0) is 29.4 Å². The second-order valence-corrected chi connectivity index (χ2v) is 9.38. The Morgan fingerprint density at radius 1 is 1.09 bits per heavy atom. The minimum Gasteiger partial charge on any atom is -0.328 e. The van der Waals surface area contributed by atoms with Gasteiger partial charge in [0.1, 0.15) is 0 Å². The van der Waals surface area contributed by atoms with E-state index in [0.717, 1.165) is 42.0 Å². The monoisotopic (exact) mass is 457 g/mol. The number of amides is 1. The van der Waals surface area contributed by atoms with Crippen molar-refractivity contribution in [1.29, 1.82) is 0 Å². The highest BCUT2D eigenvalue weighted by Gasteiger charge is 2.23. The maximum Gasteiger partial charge on any atom is 0.300 e. The summed E-state index contributed by atoms with van der Waals surface area (Å²) in [5, 5.41) is 16.1. The van der Waals surface area contributed by atoms with Crippen LogP contribution in [0.4, 0.5) is 5.69 Å². The number of hydrogen-bond donors (Lipinski definition) is 2. The Balaban J connectivity index is 2.11. The smallest absolute Gasteiger partial charge is 0.300 e. The van der Waals surface area contributed by atoms with Gasteiger partial charge < -0.3 is 10.2 Å². The van der Waals surface area contributed by atoms with Crippen molar-refractivity contribution in [3.63, 3.8) is 0 Å². The Morgan fingerprint density at radius 2 is 1.76 bits per heavy atom. The van der Waals surface area contributed by atoms with Crippen LogP contribution in [0.3, 0.4) is 0 Å². The van der Waals surface area contributed by atoms with E-state index in [4.69, 9.17) is 0 Å². The number of benzene rings is 1. The number of anilines is 1. The van der Waals surface area contributed by atoms with Crippen molar-refractivity contribution in [1.82, 2.24) is 4.90 Å². The molecule has 0 unspecified atom stereocenters. The number of nitrogens with one attached hydrogen (secondary N) is 1. The predicted octanol–water partition coefficient (Wildman–Crippen LogP) is 4.72. The van der Waals surface area contributed by atoms with Crippen LogP contribution >= 0.6 is 0 Å². The van der Waals surface area contributed by atoms with Gasteiger partial charge in [-0.3, -0.25) is 20.2 Å². The molecule has 1 amide bonds. The second kappa shape index (κ2) is 13.1. The molecular weight excluding hydrogens is 416 g/mol. The van der Waals surface area contributed by atoms with Crippen molar-refractivity contribution in [2.75, 3.05) is 25.0 Å². The first-order valence-electron chi connectivity index (χ1n) is 12.3. The molecule has 7 heteroatoms. The van der Waals surface area contributed by atoms with Gasteiger partial charge in [0.2, 0.25) is 11.7 Å². The number of quaternary nitrogens is 1. The normalized spacial score (nSPS) is 13.7. The van der Waals surface area contributed by atoms with Crippen LogP contribution in [0.2, 0.25) is 0 Å². The summed E-state index contributed by atoms with van der Waals surface area (Å²) >= 11 is 0. The third-order valence-corrected chi connectivity index (χ3v) is 6.09. The van der Waals surface area contributed by atoms with E-state index in [9.17, 15) is 14.9 Å². The molecule has 0 bridgehead atoms. The van der Waals surface area contributed by atoms with E-state index < -0.39 is 0 Å². The Labute approximate surface area is 198 Å². The third kappa shape index (κ3) is 8.00. The van der Waals surface area contributed by atoms with E-state index in [1.807, 2.05) is 11.4 Å². The first kappa shape index (κ1) is 26.6. The van der Waals surface area contributed by atoms with Gasteiger partial charge in [-0.25, -0.2) is 0 Å². The van der Waals surface area contributed by atoms with E-state index in [1.165, 1.54) is 12.8 Å². The average molecular weight is 458 g/mol. The fourth-order valence-electron chi connectivity index (χ4n) is 4.13. The molecular formula is C26H41N4O3+. The van der Waals surface area contributed by atoms with Gasteiger partial charge in [0.05, 0.1) is 4.92 Å². The summed E-state index contributed by atoms with van der Waals surface area (Å²) in [5.41, 5.74) is 3.47. The molecule has 1 aliphatic heterocycles. The Hall–Kier alpha value is -2.67. The van der Waals surface area contributed by atoms with Crippen LogP contribution in [-0.4, -0.2) is 35.4 Å². The molecule has 33 heavy (non-hydrogen) atoms. The number of carbonyl (C=O) groups excluding carboxylic acids is 1. The van der Waals surface area contributed by atoms with E-state index in [-0.39, 0.29) is 16.5 Å². The van der Waals surface area contributed by atoms with Crippen molar-refractivity contribution in [2.24, 2.45) is 0 Å². The number of nitro groups is 1. The molecule has 7 nitrogen and oxygen atoms in total. The number of nitrogens with zero attached hydrogens (tertiary/aromatic N) is 2. The zero-order valence-corrected chi connectivity index (χ0v) is 20.9. The molecule has 0 spiro atoms. The lowest BCUT2D eigenvalue weighted by Gasteiger charge is -2.26. The minimum atomic E-state index is -0.332. The third-order valence-electron chi connectivity index (χ3n) is 6.09. The molecule has 0 fully saturated rings. The predicted molar refractivity (Wildman–Crippen MR) is 134 cm³/mol. The average Bonchev–Trinajstić information content (AvgIpc) is 2.78. The Morgan fingerprint density at radius 3 is 2.27 bits per heavy atom. The zero-order valence-electron chi connectivity index (χ0n) is 20.9. The maximum absolute atomic E-state index is 13.0. The van der Waals surface area contributed by atoms with Crippen molar-refractivity contribution < 1.29 is 15.0 Å². The van der Waals surface area contributed by atoms with Crippen LogP contribution in [0.15, 0.2) is 41.9 Å². The van der Waals surface area contributed by atoms with Crippen LogP contribution in [0.5, 0.6) is 0 Å². The largest absolute Gasteiger partial charge is 0.328 e. The summed E-state index contributed by atoms with van der Waals surface area (Å²) in [6.45, 7) is 12.5. The lowest BCUT2D eigenvalue weighted by atomic mass is 9.92. The molecule has 1 aliphatic rings. The number of allylic oxidation sites excluding steroid dienone is 2. The molecule has 0 aliphatic carbocycles. The van der Waals surface area contributed by atoms with Gasteiger partial charge >= 0.3 is 5.70 Å². The minimum absolute atomic E-state index is 0.00138. The molecule has 182 valence electrons. The first-order chi connectivity index (χ1) is 15.7. The second-order valence-electron chi connectivity index (χ2n) is 9.38. The number of unbranched alkanes of at least 4 members (excludes halogenated alkanes) is 3. The van der Waals surface area contributed by atoms with E-state index in [0.29, 0.717) is 31.3 Å². The number of rotatable bonds is 13. The molecule has 3 N–H and O–H groups in total. The fourth-order valence-corrected chi connectivity index (χ4v) is 4.13. The highest BCUT2D eigenvalue weighted by Crippen LogP contribution is 2.32. The number of nitrogens with two attached hydrogens (primary N) is 1. The topological polar surface area (TPSA) is 92.1 Å². The number of carbonyl (C=O) groups is 1. The highest BCUT2D eigenvalue weighted by atomic mass is 16.6. The van der Waals surface area contributed by atoms with Gasteiger partial charge in [-0.2, -0.15) is 0 Å². The highest BCUT2D eigenvalue weighted by molar-refractivity contribution is 5.92. The van der Waals surface area contributed by atoms with Gasteiger partial charge in [-0.1, -0.05) is 72.1 Å². The van der Waals surface area contributed by atoms with E-state index in [2.05, 4.69) is 63.0 Å². The fraction of sp³-hybridized carbons (Fsp3) is 0.577. The summed E-state index contributed by atoms with van der Waals surface area (Å²) in [7, 11) is 0. The van der Waals surface area contributed by atoms with Crippen LogP contribution in [-0.2, 0) is 4.79 Å². The first-order valence-corrected chi connectivity index (χ1v) is 12.3. The van der Waals surface area contributed by atoms with Crippen LogP contribution < -0.4 is 10.6 Å². The summed E-state index contributed by atoms with van der Waals surface area (Å²) in [5.74, 6) is 1.61. The maximum atomic E-state index is 13.0. The standard InChI is InChI=1S/C26H40N4O3/c1-6-7-8-9-16-29(24-14-13-21(18-27-24)30(32)33)17-15-25(31)28-26-22(19(2)3)11-10-12-23(26)20(4)5/h10-14,19-20,27H,6-9,15-18H2,1-5H3,(H,28,31)/p+1. The Kier molecular flexibility index (Phi) is 10.6. The van der Waals surface area contributed by atoms with E-state index >= 15 is 0 Å². The molecule has 1 heterocycles. The molecule has 0 atom stereocenters. The van der Waals surface area contributed by atoms with Crippen molar-refractivity contribution >= 4 is 11.6 Å².